The van der Waals surface area contributed by atoms with Crippen molar-refractivity contribution in [1.82, 2.24) is 0 Å². The molecule has 0 unspecified atom stereocenters. The monoisotopic (exact) mass is 687 g/mol. The minimum Gasteiger partial charge on any atom is -0.311 e. The van der Waals surface area contributed by atoms with Crippen molar-refractivity contribution in [2.24, 2.45) is 0 Å². The quantitative estimate of drug-likeness (QED) is 0.154. The first kappa shape index (κ1) is 21.4. The third-order valence-corrected chi connectivity index (χ3v) is 9.08. The van der Waals surface area contributed by atoms with Gasteiger partial charge in [0.25, 0.3) is 0 Å². The van der Waals surface area contributed by atoms with E-state index in [1.807, 2.05) is 78.9 Å². The Labute approximate surface area is 328 Å². The van der Waals surface area contributed by atoms with Crippen LogP contribution in [0.5, 0.6) is 0 Å². The summed E-state index contributed by atoms with van der Waals surface area (Å²) in [5, 5.41) is 2.07. The van der Waals surface area contributed by atoms with Crippen LogP contribution in [0.15, 0.2) is 224 Å². The first-order valence-corrected chi connectivity index (χ1v) is 17.2. The van der Waals surface area contributed by atoms with Crippen molar-refractivity contribution in [3.63, 3.8) is 0 Å². The minimum atomic E-state index is -0.668. The fraction of sp³-hybridized carbons (Fsp3) is 0. The maximum atomic E-state index is 9.54. The molecule has 0 aliphatic heterocycles. The lowest BCUT2D eigenvalue weighted by molar-refractivity contribution is 1.28. The number of fused-ring (bicyclic) bond motifs is 1. The second-order valence-electron chi connectivity index (χ2n) is 12.5. The first-order valence-electron chi connectivity index (χ1n) is 23.2. The summed E-state index contributed by atoms with van der Waals surface area (Å²) in [7, 11) is 0. The maximum Gasteiger partial charge on any atom is 0.0645 e. The Morgan fingerprint density at radius 3 is 1.11 bits per heavy atom. The summed E-state index contributed by atoms with van der Waals surface area (Å²) in [6.07, 6.45) is 0. The van der Waals surface area contributed by atoms with Crippen molar-refractivity contribution in [3.8, 4) is 55.6 Å². The van der Waals surface area contributed by atoms with Crippen LogP contribution in [0.25, 0.3) is 66.4 Å². The largest absolute Gasteiger partial charge is 0.311 e. The van der Waals surface area contributed by atoms with Gasteiger partial charge >= 0.3 is 0 Å². The smallest absolute Gasteiger partial charge is 0.0645 e. The third kappa shape index (κ3) is 6.77. The molecule has 250 valence electrons. The van der Waals surface area contributed by atoms with E-state index in [1.165, 1.54) is 0 Å². The molecule has 0 atom stereocenters. The van der Waals surface area contributed by atoms with Gasteiger partial charge in [-0.2, -0.15) is 0 Å². The summed E-state index contributed by atoms with van der Waals surface area (Å²) < 4.78 is 113. The molecule has 0 bridgehead atoms. The van der Waals surface area contributed by atoms with Gasteiger partial charge in [0.2, 0.25) is 0 Å². The highest BCUT2D eigenvalue weighted by Crippen LogP contribution is 2.38. The van der Waals surface area contributed by atoms with Gasteiger partial charge in [-0.1, -0.05) is 176 Å². The van der Waals surface area contributed by atoms with Crippen LogP contribution in [0.2, 0.25) is 0 Å². The number of hydrogen-bond acceptors (Lipinski definition) is 1. The van der Waals surface area contributed by atoms with E-state index in [1.54, 1.807) is 72.8 Å². The number of rotatable bonds is 8. The van der Waals surface area contributed by atoms with Crippen molar-refractivity contribution < 1.29 is 16.4 Å². The van der Waals surface area contributed by atoms with E-state index in [-0.39, 0.29) is 16.7 Å². The highest BCUT2D eigenvalue weighted by Gasteiger charge is 2.14. The Kier molecular flexibility index (Phi) is 5.80. The van der Waals surface area contributed by atoms with Crippen LogP contribution in [0.3, 0.4) is 0 Å². The van der Waals surface area contributed by atoms with Crippen LogP contribution in [0.1, 0.15) is 16.4 Å². The summed E-state index contributed by atoms with van der Waals surface area (Å²) in [6, 6.07) is 38.9. The second-order valence-corrected chi connectivity index (χ2v) is 12.5. The Morgan fingerprint density at radius 2 is 0.585 bits per heavy atom. The number of nitrogens with zero attached hydrogens (tertiary/aromatic N) is 1. The van der Waals surface area contributed by atoms with E-state index in [2.05, 4.69) is 0 Å². The summed E-state index contributed by atoms with van der Waals surface area (Å²) in [5.41, 5.74) is 2.66. The summed E-state index contributed by atoms with van der Waals surface area (Å²) in [4.78, 5) is 0.842. The Morgan fingerprint density at radius 1 is 0.245 bits per heavy atom. The standard InChI is InChI=1S/C52H37N/c1-3-10-38(11-4-1)41-18-20-42(21-19-41)44-26-32-51(33-27-44)53(50-30-24-43(25-31-50)39-12-5-2-6-13-39)52-34-28-45(29-35-52)47-16-9-17-48(36-47)49-23-22-40-14-7-8-15-46(40)37-49/h1-37H/i24D,25D,26D,27D,28D,29D,30D,31D,32D,33D,34D,35D. The molecule has 9 aromatic rings. The number of benzene rings is 9. The van der Waals surface area contributed by atoms with Crippen LogP contribution in [0, 0.1) is 0 Å². The molecular weight excluding hydrogens is 639 g/mol. The number of hydrogen-bond donors (Lipinski definition) is 0. The molecule has 1 nitrogen and oxygen atoms in total. The van der Waals surface area contributed by atoms with Gasteiger partial charge in [-0.05, 0) is 115 Å². The van der Waals surface area contributed by atoms with Gasteiger partial charge in [0.05, 0.1) is 16.4 Å². The molecule has 0 spiro atoms. The predicted molar refractivity (Wildman–Crippen MR) is 226 cm³/mol. The Balaban J connectivity index is 1.27. The lowest BCUT2D eigenvalue weighted by atomic mass is 9.97. The lowest BCUT2D eigenvalue weighted by Crippen LogP contribution is -2.09. The van der Waals surface area contributed by atoms with Crippen molar-refractivity contribution >= 4 is 27.8 Å². The highest BCUT2D eigenvalue weighted by molar-refractivity contribution is 5.88. The van der Waals surface area contributed by atoms with Crippen molar-refractivity contribution in [3.05, 3.63) is 224 Å². The molecule has 9 rings (SSSR count). The molecule has 0 N–H and O–H groups in total. The van der Waals surface area contributed by atoms with E-state index in [4.69, 9.17) is 2.74 Å². The van der Waals surface area contributed by atoms with Gasteiger partial charge in [-0.15, -0.1) is 0 Å². The second kappa shape index (κ2) is 14.3. The molecule has 9 aromatic carbocycles. The van der Waals surface area contributed by atoms with E-state index in [0.717, 1.165) is 37.9 Å². The maximum absolute atomic E-state index is 9.54. The molecule has 0 aliphatic rings. The molecule has 0 aromatic heterocycles. The van der Waals surface area contributed by atoms with Crippen LogP contribution in [-0.2, 0) is 0 Å². The molecule has 0 saturated carbocycles. The minimum absolute atomic E-state index is 0.0423. The van der Waals surface area contributed by atoms with Gasteiger partial charge in [-0.3, -0.25) is 0 Å². The predicted octanol–water partition coefficient (Wildman–Crippen LogP) is 14.6. The summed E-state index contributed by atoms with van der Waals surface area (Å²) >= 11 is 0. The molecule has 1 heteroatoms. The van der Waals surface area contributed by atoms with Gasteiger partial charge in [0.15, 0.2) is 0 Å². The molecule has 0 saturated heterocycles. The molecule has 0 heterocycles. The highest BCUT2D eigenvalue weighted by atomic mass is 15.1. The number of anilines is 3. The lowest BCUT2D eigenvalue weighted by Gasteiger charge is -2.26. The van der Waals surface area contributed by atoms with Crippen LogP contribution >= 0.6 is 0 Å². The van der Waals surface area contributed by atoms with Gasteiger partial charge < -0.3 is 4.90 Å². The van der Waals surface area contributed by atoms with E-state index in [0.29, 0.717) is 16.7 Å². The van der Waals surface area contributed by atoms with Gasteiger partial charge in [0, 0.05) is 17.1 Å². The zero-order valence-corrected chi connectivity index (χ0v) is 28.4. The fourth-order valence-corrected chi connectivity index (χ4v) is 6.31. The molecule has 0 amide bonds. The molecule has 0 radical (unpaired) electrons. The van der Waals surface area contributed by atoms with Gasteiger partial charge in [-0.25, -0.2) is 0 Å². The fourth-order valence-electron chi connectivity index (χ4n) is 6.31. The van der Waals surface area contributed by atoms with E-state index in [9.17, 15) is 13.7 Å². The molecule has 0 fully saturated rings. The van der Waals surface area contributed by atoms with E-state index < -0.39 is 89.6 Å². The zero-order chi connectivity index (χ0) is 45.8. The van der Waals surface area contributed by atoms with E-state index >= 15 is 0 Å². The SMILES string of the molecule is [2H]c1c([2H])c(N(c2c([2H])c([2H])c(-c3ccc(-c4ccccc4)cc3)c([2H])c2[2H])c2c([2H])c([2H])c(-c3cccc(-c4ccc5ccccc5c4)c3)c([2H])c2[2H])c([2H])c([2H])c1-c1ccccc1. The zero-order valence-electron chi connectivity index (χ0n) is 40.4. The average molecular weight is 688 g/mol. The van der Waals surface area contributed by atoms with Crippen LogP contribution < -0.4 is 4.90 Å². The third-order valence-electron chi connectivity index (χ3n) is 9.08. The Bertz CT molecular complexity index is 3250. The summed E-state index contributed by atoms with van der Waals surface area (Å²) in [6.45, 7) is 0. The average Bonchev–Trinajstić information content (AvgIpc) is 3.33. The van der Waals surface area contributed by atoms with Crippen LogP contribution in [0.4, 0.5) is 17.1 Å². The molecule has 53 heavy (non-hydrogen) atoms. The van der Waals surface area contributed by atoms with Crippen LogP contribution in [-0.4, -0.2) is 0 Å². The first-order chi connectivity index (χ1) is 31.3. The van der Waals surface area contributed by atoms with Crippen molar-refractivity contribution in [2.75, 3.05) is 4.90 Å². The van der Waals surface area contributed by atoms with Crippen molar-refractivity contribution in [2.45, 2.75) is 0 Å². The Hall–Kier alpha value is -6.96. The normalized spacial score (nSPS) is 14.2. The molecule has 0 aliphatic carbocycles. The van der Waals surface area contributed by atoms with Gasteiger partial charge in [0.1, 0.15) is 0 Å². The molecular formula is C52H37N. The topological polar surface area (TPSA) is 3.24 Å². The van der Waals surface area contributed by atoms with Crippen molar-refractivity contribution in [1.29, 1.82) is 0 Å². The summed E-state index contributed by atoms with van der Waals surface area (Å²) in [5.74, 6) is 0.